The van der Waals surface area contributed by atoms with Gasteiger partial charge in [-0.15, -0.1) is 0 Å². The molecule has 4 nitrogen and oxygen atoms in total. The molecule has 0 amide bonds. The zero-order chi connectivity index (χ0) is 51.2. The van der Waals surface area contributed by atoms with Crippen LogP contribution < -0.4 is 0 Å². The van der Waals surface area contributed by atoms with Crippen LogP contribution in [0.4, 0.5) is 140 Å². The van der Waals surface area contributed by atoms with Crippen LogP contribution in [-0.4, -0.2) is 123 Å². The van der Waals surface area contributed by atoms with Gasteiger partial charge in [0.05, 0.1) is 0 Å². The number of hydrogen-bond donors (Lipinski definition) is 0. The Hall–Kier alpha value is -2.40. The molecule has 0 atom stereocenters. The molecule has 380 valence electrons. The van der Waals surface area contributed by atoms with Crippen LogP contribution in [0, 0.1) is 0 Å². The zero-order valence-electron chi connectivity index (χ0n) is 29.1. The van der Waals surface area contributed by atoms with E-state index in [2.05, 4.69) is 18.1 Å². The van der Waals surface area contributed by atoms with E-state index < -0.39 is 146 Å². The van der Waals surface area contributed by atoms with E-state index >= 15 is 0 Å². The van der Waals surface area contributed by atoms with Crippen molar-refractivity contribution < 1.29 is 159 Å². The van der Waals surface area contributed by atoms with Gasteiger partial charge in [0.1, 0.15) is 0 Å². The number of halogens is 32. The molecule has 1 aromatic rings. The Kier molecular flexibility index (Phi) is 17.0. The van der Waals surface area contributed by atoms with Crippen LogP contribution in [0.2, 0.25) is 0 Å². The number of benzene rings is 1. The first kappa shape index (κ1) is 59.6. The van der Waals surface area contributed by atoms with Crippen molar-refractivity contribution in [1.82, 2.24) is 0 Å². The monoisotopic (exact) mass is 1060 g/mol. The average molecular weight is 1060 g/mol. The molecule has 0 aliphatic heterocycles. The summed E-state index contributed by atoms with van der Waals surface area (Å²) >= 11 is -2.07. The van der Waals surface area contributed by atoms with Crippen LogP contribution in [0.15, 0.2) is 35.2 Å². The Morgan fingerprint density at radius 3 is 0.703 bits per heavy atom. The molecule has 0 aliphatic carbocycles. The van der Waals surface area contributed by atoms with Crippen LogP contribution in [0.3, 0.4) is 0 Å². The van der Waals surface area contributed by atoms with Crippen molar-refractivity contribution in [3.05, 3.63) is 30.3 Å². The minimum absolute atomic E-state index is 0.0454. The van der Waals surface area contributed by atoms with Crippen molar-refractivity contribution in [1.29, 1.82) is 0 Å². The number of rotatable bonds is 26. The summed E-state index contributed by atoms with van der Waals surface area (Å²) < 4.78 is 458. The van der Waals surface area contributed by atoms with Crippen LogP contribution in [-0.2, 0) is 18.1 Å². The topological polar surface area (TPSA) is 36.9 Å². The van der Waals surface area contributed by atoms with E-state index in [0.717, 1.165) is 0 Å². The molecule has 0 unspecified atom stereocenters. The molecule has 0 aromatic heterocycles. The van der Waals surface area contributed by atoms with Crippen molar-refractivity contribution in [2.24, 2.45) is 0 Å². The van der Waals surface area contributed by atoms with Gasteiger partial charge in [0.2, 0.25) is 0 Å². The van der Waals surface area contributed by atoms with Crippen LogP contribution in [0.25, 0.3) is 0 Å². The van der Waals surface area contributed by atoms with Gasteiger partial charge in [-0.05, 0) is 0 Å². The normalized spacial score (nSPS) is 16.3. The molecular weight excluding hydrogens is 1050 g/mol. The fraction of sp³-hybridized carbons (Fsp3) is 0.769. The van der Waals surface area contributed by atoms with Gasteiger partial charge in [0, 0.05) is 0 Å². The minimum atomic E-state index is -9.80. The van der Waals surface area contributed by atoms with Gasteiger partial charge in [-0.1, -0.05) is 0 Å². The fourth-order valence-electron chi connectivity index (χ4n) is 3.61. The first-order valence-corrected chi connectivity index (χ1v) is 18.4. The maximum atomic E-state index is 14.8. The van der Waals surface area contributed by atoms with Crippen LogP contribution in [0.1, 0.15) is 0 Å². The van der Waals surface area contributed by atoms with Crippen molar-refractivity contribution in [2.75, 3.05) is 26.4 Å². The molecule has 0 radical (unpaired) electrons. The third kappa shape index (κ3) is 10.5. The molecule has 0 bridgehead atoms. The second kappa shape index (κ2) is 18.3. The molecule has 1 aromatic carbocycles. The van der Waals surface area contributed by atoms with Crippen LogP contribution >= 0.6 is 18.1 Å². The molecule has 1 rings (SSSR count). The SMILES string of the molecule is FC(F)C(F)(F)C(F)(F)C(F)(F)COP(OCC(F)(F)C(F)(F)C(F)(F)C(F)F)(OCC(F)(F)C(F)(F)C(F)(F)C(F)F)(OCC(F)(F)C(F)(F)C(F)(F)C(F)F)Sc1ccccc1. The second-order valence-electron chi connectivity index (χ2n) is 12.1. The van der Waals surface area contributed by atoms with Gasteiger partial charge in [0.25, 0.3) is 0 Å². The molecule has 38 heteroatoms. The van der Waals surface area contributed by atoms with E-state index in [0.29, 0.717) is 18.2 Å². The van der Waals surface area contributed by atoms with Gasteiger partial charge in [-0.25, -0.2) is 0 Å². The summed E-state index contributed by atoms with van der Waals surface area (Å²) in [6, 6.07) is 1.12. The molecular formula is C26H17F32O4PS. The van der Waals surface area contributed by atoms with Gasteiger partial charge >= 0.3 is 335 Å². The Labute approximate surface area is 335 Å². The van der Waals surface area contributed by atoms with Gasteiger partial charge in [0.15, 0.2) is 0 Å². The first-order valence-electron chi connectivity index (χ1n) is 15.0. The van der Waals surface area contributed by atoms with E-state index in [1.165, 1.54) is 0 Å². The van der Waals surface area contributed by atoms with Crippen molar-refractivity contribution in [3.8, 4) is 0 Å². The number of alkyl halides is 32. The van der Waals surface area contributed by atoms with Crippen molar-refractivity contribution >= 4 is 18.1 Å². The summed E-state index contributed by atoms with van der Waals surface area (Å²) in [4.78, 5) is -1.79. The molecule has 0 spiro atoms. The van der Waals surface area contributed by atoms with E-state index in [-0.39, 0.29) is 12.1 Å². The standard InChI is InChI=1S/C26H17F32O4PS/c27-11(28)19(43,44)23(51,52)15(35,36)6-59-63(64-10-4-2-1-3-5-10,60-7-16(37,38)24(53,54)20(45,46)12(29)30,61-8-17(39,40)25(55,56)21(47,48)13(31)32)62-9-18(41,42)26(57,58)22(49,50)14(33)34/h1-5,11-14H,6-9H2. The van der Waals surface area contributed by atoms with Crippen molar-refractivity contribution in [3.63, 3.8) is 0 Å². The molecule has 0 saturated heterocycles. The van der Waals surface area contributed by atoms with E-state index in [1.54, 1.807) is 0 Å². The maximum absolute atomic E-state index is 14.8. The van der Waals surface area contributed by atoms with Crippen LogP contribution in [0.5, 0.6) is 0 Å². The summed E-state index contributed by atoms with van der Waals surface area (Å²) in [5.74, 6) is -92.1. The molecule has 0 heterocycles. The third-order valence-corrected chi connectivity index (χ3v) is 13.2. The third-order valence-electron chi connectivity index (χ3n) is 7.43. The average Bonchev–Trinajstić information content (AvgIpc) is 3.14. The zero-order valence-corrected chi connectivity index (χ0v) is 30.8. The summed E-state index contributed by atoms with van der Waals surface area (Å²) in [6.07, 6.45) is -24.2. The number of hydrogen-bond acceptors (Lipinski definition) is 5. The predicted molar refractivity (Wildman–Crippen MR) is 146 cm³/mol. The van der Waals surface area contributed by atoms with E-state index in [9.17, 15) is 140 Å². The molecule has 64 heavy (non-hydrogen) atoms. The van der Waals surface area contributed by atoms with Gasteiger partial charge < -0.3 is 0 Å². The van der Waals surface area contributed by atoms with Gasteiger partial charge in [-0.3, -0.25) is 0 Å². The molecule has 0 saturated carbocycles. The summed E-state index contributed by atoms with van der Waals surface area (Å²) in [5.41, 5.74) is 0. The summed E-state index contributed by atoms with van der Waals surface area (Å²) in [7, 11) is 0. The quantitative estimate of drug-likeness (QED) is 0.0683. The van der Waals surface area contributed by atoms with E-state index in [1.807, 2.05) is 0 Å². The Balaban J connectivity index is 4.71. The Bertz CT molecular complexity index is 1490. The predicted octanol–water partition coefficient (Wildman–Crippen LogP) is 13.7. The summed E-state index contributed by atoms with van der Waals surface area (Å²) in [5, 5.41) is 0. The van der Waals surface area contributed by atoms with Crippen molar-refractivity contribution in [2.45, 2.75) is 102 Å². The molecule has 0 N–H and O–H groups in total. The second-order valence-corrected chi connectivity index (χ2v) is 17.6. The van der Waals surface area contributed by atoms with E-state index in [4.69, 9.17) is 0 Å². The molecule has 0 aliphatic rings. The Morgan fingerprint density at radius 1 is 0.344 bits per heavy atom. The summed E-state index contributed by atoms with van der Waals surface area (Å²) in [6.45, 7) is -28.2. The van der Waals surface area contributed by atoms with Gasteiger partial charge in [-0.2, -0.15) is 0 Å². The Morgan fingerprint density at radius 2 is 0.531 bits per heavy atom. The molecule has 0 fully saturated rings. The first-order chi connectivity index (χ1) is 28.0. The fourth-order valence-corrected chi connectivity index (χ4v) is 9.05.